The highest BCUT2D eigenvalue weighted by molar-refractivity contribution is 7.91. The van der Waals surface area contributed by atoms with Crippen molar-refractivity contribution >= 4 is 15.8 Å². The second-order valence-corrected chi connectivity index (χ2v) is 8.85. The highest BCUT2D eigenvalue weighted by Crippen LogP contribution is 2.09. The van der Waals surface area contributed by atoms with E-state index in [1.165, 1.54) is 0 Å². The lowest BCUT2D eigenvalue weighted by Crippen LogP contribution is -2.41. The van der Waals surface area contributed by atoms with Crippen LogP contribution in [0.2, 0.25) is 0 Å². The van der Waals surface area contributed by atoms with Gasteiger partial charge in [-0.15, -0.1) is 0 Å². The molecule has 26 heavy (non-hydrogen) atoms. The van der Waals surface area contributed by atoms with Crippen LogP contribution in [-0.4, -0.2) is 63.3 Å². The van der Waals surface area contributed by atoms with Gasteiger partial charge in [-0.1, -0.05) is 18.2 Å². The molecule has 6 nitrogen and oxygen atoms in total. The molecule has 0 aliphatic rings. The van der Waals surface area contributed by atoms with Crippen LogP contribution in [0.25, 0.3) is 0 Å². The summed E-state index contributed by atoms with van der Waals surface area (Å²) in [5, 5.41) is 6.29. The highest BCUT2D eigenvalue weighted by atomic mass is 32.2. The van der Waals surface area contributed by atoms with Crippen LogP contribution in [0.3, 0.4) is 0 Å². The van der Waals surface area contributed by atoms with E-state index in [-0.39, 0.29) is 5.75 Å². The highest BCUT2D eigenvalue weighted by Gasteiger charge is 2.14. The van der Waals surface area contributed by atoms with Crippen LogP contribution in [0.1, 0.15) is 34.6 Å². The molecule has 0 saturated heterocycles. The topological polar surface area (TPSA) is 73.8 Å². The molecule has 0 bridgehead atoms. The van der Waals surface area contributed by atoms with E-state index in [1.54, 1.807) is 24.3 Å². The quantitative estimate of drug-likeness (QED) is 0.479. The maximum atomic E-state index is 12.3. The molecule has 7 heteroatoms. The van der Waals surface area contributed by atoms with Gasteiger partial charge in [0, 0.05) is 31.7 Å². The predicted molar refractivity (Wildman–Crippen MR) is 109 cm³/mol. The molecule has 1 aromatic rings. The van der Waals surface area contributed by atoms with E-state index in [1.807, 2.05) is 13.0 Å². The zero-order chi connectivity index (χ0) is 19.6. The van der Waals surface area contributed by atoms with Crippen molar-refractivity contribution in [1.82, 2.24) is 15.5 Å². The fourth-order valence-electron chi connectivity index (χ4n) is 2.78. The largest absolute Gasteiger partial charge is 0.357 e. The molecule has 2 N–H and O–H groups in total. The first-order valence-corrected chi connectivity index (χ1v) is 11.0. The number of nitrogens with one attached hydrogen (secondary N) is 2. The van der Waals surface area contributed by atoms with Crippen LogP contribution in [0.4, 0.5) is 0 Å². The summed E-state index contributed by atoms with van der Waals surface area (Å²) in [5.41, 5.74) is 0. The summed E-state index contributed by atoms with van der Waals surface area (Å²) < 4.78 is 24.6. The van der Waals surface area contributed by atoms with Crippen molar-refractivity contribution in [3.05, 3.63) is 30.3 Å². The van der Waals surface area contributed by atoms with Crippen LogP contribution in [0.5, 0.6) is 0 Å². The Balaban J connectivity index is 2.57. The predicted octanol–water partition coefficient (Wildman–Crippen LogP) is 2.13. The summed E-state index contributed by atoms with van der Waals surface area (Å²) in [7, 11) is -3.28. The van der Waals surface area contributed by atoms with Gasteiger partial charge in [-0.3, -0.25) is 9.89 Å². The third-order valence-electron chi connectivity index (χ3n) is 4.06. The minimum atomic E-state index is -3.28. The Labute approximate surface area is 159 Å². The maximum absolute atomic E-state index is 12.3. The molecule has 0 radical (unpaired) electrons. The van der Waals surface area contributed by atoms with Gasteiger partial charge < -0.3 is 10.6 Å². The average Bonchev–Trinajstić information content (AvgIpc) is 2.58. The van der Waals surface area contributed by atoms with Gasteiger partial charge in [0.1, 0.15) is 0 Å². The summed E-state index contributed by atoms with van der Waals surface area (Å²) in [4.78, 5) is 7.31. The fraction of sp³-hybridized carbons (Fsp3) is 0.632. The molecule has 1 rings (SSSR count). The van der Waals surface area contributed by atoms with E-state index in [4.69, 9.17) is 0 Å². The summed E-state index contributed by atoms with van der Waals surface area (Å²) in [5.74, 6) is 0.689. The van der Waals surface area contributed by atoms with E-state index < -0.39 is 9.84 Å². The van der Waals surface area contributed by atoms with Gasteiger partial charge in [-0.05, 0) is 46.8 Å². The second kappa shape index (κ2) is 11.2. The van der Waals surface area contributed by atoms with E-state index >= 15 is 0 Å². The number of nitrogens with zero attached hydrogens (tertiary/aromatic N) is 2. The van der Waals surface area contributed by atoms with Gasteiger partial charge in [0.05, 0.1) is 17.2 Å². The number of guanidine groups is 1. The van der Waals surface area contributed by atoms with Crippen molar-refractivity contribution in [1.29, 1.82) is 0 Å². The molecule has 148 valence electrons. The van der Waals surface area contributed by atoms with E-state index in [2.05, 4.69) is 48.2 Å². The van der Waals surface area contributed by atoms with Crippen LogP contribution < -0.4 is 10.6 Å². The normalized spacial score (nSPS) is 12.8. The fourth-order valence-corrected chi connectivity index (χ4v) is 3.96. The smallest absolute Gasteiger partial charge is 0.191 e. The second-order valence-electron chi connectivity index (χ2n) is 6.74. The van der Waals surface area contributed by atoms with Crippen molar-refractivity contribution in [2.45, 2.75) is 51.6 Å². The molecule has 0 atom stereocenters. The summed E-state index contributed by atoms with van der Waals surface area (Å²) in [6, 6.07) is 9.48. The van der Waals surface area contributed by atoms with Gasteiger partial charge in [0.15, 0.2) is 15.8 Å². The Morgan fingerprint density at radius 3 is 2.23 bits per heavy atom. The van der Waals surface area contributed by atoms with Crippen molar-refractivity contribution < 1.29 is 8.42 Å². The van der Waals surface area contributed by atoms with Crippen molar-refractivity contribution in [3.63, 3.8) is 0 Å². The minimum Gasteiger partial charge on any atom is -0.357 e. The van der Waals surface area contributed by atoms with Crippen molar-refractivity contribution in [2.24, 2.45) is 4.99 Å². The molecule has 1 aromatic carbocycles. The minimum absolute atomic E-state index is 0.0333. The average molecular weight is 383 g/mol. The molecule has 0 aliphatic carbocycles. The molecular weight excluding hydrogens is 348 g/mol. The van der Waals surface area contributed by atoms with Crippen LogP contribution >= 0.6 is 0 Å². The third-order valence-corrected chi connectivity index (χ3v) is 5.80. The van der Waals surface area contributed by atoms with Gasteiger partial charge >= 0.3 is 0 Å². The Hall–Kier alpha value is -1.60. The summed E-state index contributed by atoms with van der Waals surface area (Å²) in [6.45, 7) is 13.3. The lowest BCUT2D eigenvalue weighted by molar-refractivity contribution is 0.181. The van der Waals surface area contributed by atoms with Gasteiger partial charge in [0.25, 0.3) is 0 Å². The van der Waals surface area contributed by atoms with Crippen LogP contribution in [0.15, 0.2) is 40.2 Å². The Morgan fingerprint density at radius 2 is 1.69 bits per heavy atom. The first-order chi connectivity index (χ1) is 12.3. The van der Waals surface area contributed by atoms with E-state index in [9.17, 15) is 8.42 Å². The molecule has 0 spiro atoms. The Bertz CT molecular complexity index is 635. The number of hydrogen-bond acceptors (Lipinski definition) is 4. The lowest BCUT2D eigenvalue weighted by atomic mass is 10.2. The van der Waals surface area contributed by atoms with Gasteiger partial charge in [-0.25, -0.2) is 8.42 Å². The molecule has 0 heterocycles. The molecule has 0 saturated carbocycles. The molecule has 0 aliphatic heterocycles. The number of hydrogen-bond donors (Lipinski definition) is 2. The molecule has 0 unspecified atom stereocenters. The monoisotopic (exact) mass is 382 g/mol. The Morgan fingerprint density at radius 1 is 1.08 bits per heavy atom. The lowest BCUT2D eigenvalue weighted by Gasteiger charge is -2.29. The third kappa shape index (κ3) is 7.74. The SMILES string of the molecule is CCNC(=NCCN(C(C)C)C(C)C)NCCS(=O)(=O)c1ccccc1. The van der Waals surface area contributed by atoms with E-state index in [0.29, 0.717) is 36.0 Å². The van der Waals surface area contributed by atoms with E-state index in [0.717, 1.165) is 13.1 Å². The standard InChI is InChI=1S/C19H34N4O2S/c1-6-20-19(21-12-14-23(16(2)3)17(4)5)22-13-15-26(24,25)18-10-8-7-9-11-18/h7-11,16-17H,6,12-15H2,1-5H3,(H2,20,21,22). The maximum Gasteiger partial charge on any atom is 0.191 e. The van der Waals surface area contributed by atoms with Gasteiger partial charge in [-0.2, -0.15) is 0 Å². The first-order valence-electron chi connectivity index (χ1n) is 9.33. The number of rotatable bonds is 10. The summed E-state index contributed by atoms with van der Waals surface area (Å²) >= 11 is 0. The zero-order valence-electron chi connectivity index (χ0n) is 16.7. The number of aliphatic imine (C=N–C) groups is 1. The van der Waals surface area contributed by atoms with Crippen molar-refractivity contribution in [2.75, 3.05) is 31.9 Å². The number of benzene rings is 1. The van der Waals surface area contributed by atoms with Crippen LogP contribution in [0, 0.1) is 0 Å². The molecule has 0 amide bonds. The summed E-state index contributed by atoms with van der Waals surface area (Å²) in [6.07, 6.45) is 0. The number of sulfone groups is 1. The molecular formula is C19H34N4O2S. The Kier molecular flexibility index (Phi) is 9.65. The van der Waals surface area contributed by atoms with Crippen molar-refractivity contribution in [3.8, 4) is 0 Å². The van der Waals surface area contributed by atoms with Crippen LogP contribution in [-0.2, 0) is 9.84 Å². The van der Waals surface area contributed by atoms with Gasteiger partial charge in [0.2, 0.25) is 0 Å². The zero-order valence-corrected chi connectivity index (χ0v) is 17.5. The molecule has 0 aromatic heterocycles. The first kappa shape index (κ1) is 22.4. The molecule has 0 fully saturated rings.